The summed E-state index contributed by atoms with van der Waals surface area (Å²) in [5.74, 6) is 1.36. The van der Waals surface area contributed by atoms with Gasteiger partial charge < -0.3 is 9.47 Å². The standard InChI is InChI=1S/C22H22N4O2/c1-27-19-9-10-20(28-2)22-21(19)23-17(15-25-11-5-3-6-12-25)18(24-22)16-26-13-7-4-8-14-26/h3-14H,15-16H2,1-2H3/q+2. The van der Waals surface area contributed by atoms with Crippen molar-refractivity contribution in [3.05, 3.63) is 84.7 Å². The molecule has 0 atom stereocenters. The summed E-state index contributed by atoms with van der Waals surface area (Å²) in [5, 5.41) is 0. The van der Waals surface area contributed by atoms with Crippen molar-refractivity contribution in [1.29, 1.82) is 0 Å². The normalized spacial score (nSPS) is 10.8. The Hall–Kier alpha value is -3.54. The first kappa shape index (κ1) is 17.9. The lowest BCUT2D eigenvalue weighted by Gasteiger charge is -2.11. The second kappa shape index (κ2) is 8.00. The summed E-state index contributed by atoms with van der Waals surface area (Å²) in [6.07, 6.45) is 8.09. The van der Waals surface area contributed by atoms with Gasteiger partial charge in [-0.2, -0.15) is 9.13 Å². The molecule has 0 saturated carbocycles. The maximum Gasteiger partial charge on any atom is 0.192 e. The monoisotopic (exact) mass is 374 g/mol. The fourth-order valence-electron chi connectivity index (χ4n) is 3.17. The highest BCUT2D eigenvalue weighted by atomic mass is 16.5. The average molecular weight is 374 g/mol. The van der Waals surface area contributed by atoms with Crippen LogP contribution in [0.2, 0.25) is 0 Å². The van der Waals surface area contributed by atoms with Crippen molar-refractivity contribution < 1.29 is 18.6 Å². The second-order valence-electron chi connectivity index (χ2n) is 6.38. The predicted molar refractivity (Wildman–Crippen MR) is 104 cm³/mol. The average Bonchev–Trinajstić information content (AvgIpc) is 2.75. The summed E-state index contributed by atoms with van der Waals surface area (Å²) >= 11 is 0. The molecular weight excluding hydrogens is 352 g/mol. The van der Waals surface area contributed by atoms with Crippen molar-refractivity contribution in [2.45, 2.75) is 13.1 Å². The summed E-state index contributed by atoms with van der Waals surface area (Å²) < 4.78 is 15.2. The van der Waals surface area contributed by atoms with E-state index in [1.807, 2.05) is 73.3 Å². The molecule has 3 aromatic heterocycles. The van der Waals surface area contributed by atoms with Crippen LogP contribution in [0.1, 0.15) is 11.4 Å². The van der Waals surface area contributed by atoms with Gasteiger partial charge in [-0.05, 0) is 12.1 Å². The largest absolute Gasteiger partial charge is 0.494 e. The third-order valence-corrected chi connectivity index (χ3v) is 4.56. The molecule has 6 heteroatoms. The van der Waals surface area contributed by atoms with Crippen molar-refractivity contribution in [2.75, 3.05) is 14.2 Å². The van der Waals surface area contributed by atoms with E-state index in [0.29, 0.717) is 35.6 Å². The van der Waals surface area contributed by atoms with Crippen molar-refractivity contribution in [2.24, 2.45) is 0 Å². The van der Waals surface area contributed by atoms with Crippen LogP contribution in [0.4, 0.5) is 0 Å². The molecule has 4 aromatic rings. The molecule has 0 spiro atoms. The highest BCUT2D eigenvalue weighted by Gasteiger charge is 2.20. The topological polar surface area (TPSA) is 52.0 Å². The van der Waals surface area contributed by atoms with Crippen LogP contribution in [-0.2, 0) is 13.1 Å². The Balaban J connectivity index is 1.88. The van der Waals surface area contributed by atoms with Gasteiger partial charge in [-0.25, -0.2) is 9.97 Å². The van der Waals surface area contributed by atoms with Crippen LogP contribution in [0.15, 0.2) is 73.3 Å². The Morgan fingerprint density at radius 2 is 1.04 bits per heavy atom. The maximum atomic E-state index is 5.52. The van der Waals surface area contributed by atoms with E-state index < -0.39 is 0 Å². The molecule has 140 valence electrons. The molecule has 0 amide bonds. The van der Waals surface area contributed by atoms with E-state index >= 15 is 0 Å². The lowest BCUT2D eigenvalue weighted by atomic mass is 10.2. The number of methoxy groups -OCH3 is 2. The zero-order valence-corrected chi connectivity index (χ0v) is 15.9. The Labute approximate surface area is 163 Å². The third kappa shape index (κ3) is 3.62. The molecule has 0 fully saturated rings. The molecule has 4 rings (SSSR count). The molecule has 0 aliphatic rings. The van der Waals surface area contributed by atoms with Crippen LogP contribution in [0, 0.1) is 0 Å². The van der Waals surface area contributed by atoms with Gasteiger partial charge in [-0.3, -0.25) is 0 Å². The van der Waals surface area contributed by atoms with Gasteiger partial charge in [0.15, 0.2) is 37.9 Å². The van der Waals surface area contributed by atoms with Crippen molar-refractivity contribution in [1.82, 2.24) is 9.97 Å². The van der Waals surface area contributed by atoms with Crippen LogP contribution in [0.3, 0.4) is 0 Å². The van der Waals surface area contributed by atoms with E-state index in [1.165, 1.54) is 0 Å². The number of fused-ring (bicyclic) bond motifs is 1. The summed E-state index contributed by atoms with van der Waals surface area (Å²) in [5.41, 5.74) is 3.20. The van der Waals surface area contributed by atoms with E-state index in [0.717, 1.165) is 11.4 Å². The molecule has 0 bridgehead atoms. The zero-order valence-electron chi connectivity index (χ0n) is 15.9. The molecule has 0 aliphatic carbocycles. The Kier molecular flexibility index (Phi) is 5.10. The van der Waals surface area contributed by atoms with Gasteiger partial charge in [-0.1, -0.05) is 12.1 Å². The number of hydrogen-bond donors (Lipinski definition) is 0. The molecule has 0 N–H and O–H groups in total. The maximum absolute atomic E-state index is 5.52. The van der Waals surface area contributed by atoms with E-state index in [-0.39, 0.29) is 0 Å². The fraction of sp³-hybridized carbons (Fsp3) is 0.182. The van der Waals surface area contributed by atoms with Crippen LogP contribution in [-0.4, -0.2) is 24.2 Å². The molecule has 0 saturated heterocycles. The number of pyridine rings is 2. The van der Waals surface area contributed by atoms with Crippen LogP contribution in [0.5, 0.6) is 11.5 Å². The van der Waals surface area contributed by atoms with Gasteiger partial charge in [0.2, 0.25) is 0 Å². The SMILES string of the molecule is COc1ccc(OC)c2nc(C[n+]3ccccc3)c(C[n+]3ccccc3)nc12. The van der Waals surface area contributed by atoms with E-state index in [1.54, 1.807) is 14.2 Å². The molecular formula is C22H22N4O2+2. The van der Waals surface area contributed by atoms with Gasteiger partial charge in [0, 0.05) is 24.3 Å². The molecule has 0 radical (unpaired) electrons. The predicted octanol–water partition coefficient (Wildman–Crippen LogP) is 2.32. The van der Waals surface area contributed by atoms with Gasteiger partial charge in [0.1, 0.15) is 33.9 Å². The van der Waals surface area contributed by atoms with Crippen LogP contribution in [0.25, 0.3) is 11.0 Å². The molecule has 0 unspecified atom stereocenters. The Bertz CT molecular complexity index is 998. The minimum absolute atomic E-state index is 0.618. The molecule has 28 heavy (non-hydrogen) atoms. The number of hydrogen-bond acceptors (Lipinski definition) is 4. The molecule has 1 aromatic carbocycles. The quantitative estimate of drug-likeness (QED) is 0.486. The van der Waals surface area contributed by atoms with E-state index in [4.69, 9.17) is 19.4 Å². The molecule has 6 nitrogen and oxygen atoms in total. The van der Waals surface area contributed by atoms with E-state index in [9.17, 15) is 0 Å². The number of aromatic nitrogens is 4. The highest BCUT2D eigenvalue weighted by Crippen LogP contribution is 2.31. The lowest BCUT2D eigenvalue weighted by Crippen LogP contribution is -2.37. The minimum atomic E-state index is 0.618. The third-order valence-electron chi connectivity index (χ3n) is 4.56. The Morgan fingerprint density at radius 3 is 1.39 bits per heavy atom. The highest BCUT2D eigenvalue weighted by molar-refractivity contribution is 5.86. The number of nitrogens with zero attached hydrogens (tertiary/aromatic N) is 4. The lowest BCUT2D eigenvalue weighted by molar-refractivity contribution is -0.694. The first-order valence-electron chi connectivity index (χ1n) is 9.07. The smallest absolute Gasteiger partial charge is 0.192 e. The fourth-order valence-corrected chi connectivity index (χ4v) is 3.17. The van der Waals surface area contributed by atoms with Gasteiger partial charge in [0.05, 0.1) is 14.2 Å². The summed E-state index contributed by atoms with van der Waals surface area (Å²) in [7, 11) is 3.28. The van der Waals surface area contributed by atoms with Gasteiger partial charge in [-0.15, -0.1) is 0 Å². The molecule has 0 aliphatic heterocycles. The van der Waals surface area contributed by atoms with Crippen molar-refractivity contribution in [3.63, 3.8) is 0 Å². The van der Waals surface area contributed by atoms with Crippen molar-refractivity contribution in [3.8, 4) is 11.5 Å². The first-order valence-corrected chi connectivity index (χ1v) is 9.07. The van der Waals surface area contributed by atoms with Gasteiger partial charge in [0.25, 0.3) is 0 Å². The zero-order chi connectivity index (χ0) is 19.3. The number of ether oxygens (including phenoxy) is 2. The molecule has 3 heterocycles. The minimum Gasteiger partial charge on any atom is -0.494 e. The Morgan fingerprint density at radius 1 is 0.643 bits per heavy atom. The summed E-state index contributed by atoms with van der Waals surface area (Å²) in [6.45, 7) is 1.24. The number of benzene rings is 1. The van der Waals surface area contributed by atoms with Crippen molar-refractivity contribution >= 4 is 11.0 Å². The first-order chi connectivity index (χ1) is 13.8. The second-order valence-corrected chi connectivity index (χ2v) is 6.38. The summed E-state index contributed by atoms with van der Waals surface area (Å²) in [4.78, 5) is 9.89. The van der Waals surface area contributed by atoms with Crippen LogP contribution < -0.4 is 18.6 Å². The summed E-state index contributed by atoms with van der Waals surface area (Å²) in [6, 6.07) is 15.7. The van der Waals surface area contributed by atoms with E-state index in [2.05, 4.69) is 9.13 Å². The number of rotatable bonds is 6. The van der Waals surface area contributed by atoms with Gasteiger partial charge >= 0.3 is 0 Å². The van der Waals surface area contributed by atoms with Crippen LogP contribution >= 0.6 is 0 Å².